The predicted molar refractivity (Wildman–Crippen MR) is 105 cm³/mol. The van der Waals surface area contributed by atoms with Crippen LogP contribution in [0.5, 0.6) is 11.5 Å². The van der Waals surface area contributed by atoms with Crippen molar-refractivity contribution in [1.82, 2.24) is 9.55 Å². The molecule has 1 aromatic heterocycles. The molecule has 1 heterocycles. The van der Waals surface area contributed by atoms with Crippen LogP contribution in [-0.4, -0.2) is 29.6 Å². The van der Waals surface area contributed by atoms with Gasteiger partial charge in [0.15, 0.2) is 4.77 Å². The molecule has 0 aliphatic heterocycles. The van der Waals surface area contributed by atoms with E-state index >= 15 is 0 Å². The third-order valence-corrected chi connectivity index (χ3v) is 4.64. The van der Waals surface area contributed by atoms with Gasteiger partial charge in [0.25, 0.3) is 5.56 Å². The van der Waals surface area contributed by atoms with Crippen molar-refractivity contribution in [2.45, 2.75) is 0 Å². The molecule has 1 N–H and O–H groups in total. The molecule has 0 bridgehead atoms. The van der Waals surface area contributed by atoms with Crippen LogP contribution in [0, 0.1) is 4.77 Å². The summed E-state index contributed by atoms with van der Waals surface area (Å²) in [5.41, 5.74) is 1.00. The van der Waals surface area contributed by atoms with E-state index in [4.69, 9.17) is 21.7 Å². The quantitative estimate of drug-likeness (QED) is 0.541. The van der Waals surface area contributed by atoms with Gasteiger partial charge in [-0.3, -0.25) is 14.2 Å². The van der Waals surface area contributed by atoms with Gasteiger partial charge in [0.05, 0.1) is 19.9 Å². The highest BCUT2D eigenvalue weighted by atomic mass is 32.1. The lowest BCUT2D eigenvalue weighted by Crippen LogP contribution is -2.27. The first kappa shape index (κ1) is 18.6. The van der Waals surface area contributed by atoms with Crippen molar-refractivity contribution >= 4 is 18.0 Å². The van der Waals surface area contributed by atoms with Crippen LogP contribution in [0.1, 0.15) is 15.9 Å². The molecule has 27 heavy (non-hydrogen) atoms. The van der Waals surface area contributed by atoms with Crippen LogP contribution in [0.3, 0.4) is 0 Å². The summed E-state index contributed by atoms with van der Waals surface area (Å²) in [5, 5.41) is 0. The van der Waals surface area contributed by atoms with Gasteiger partial charge in [0.1, 0.15) is 17.1 Å². The average molecular weight is 382 g/mol. The minimum absolute atomic E-state index is 0.0291. The fourth-order valence-corrected chi connectivity index (χ4v) is 2.88. The number of benzene rings is 2. The van der Waals surface area contributed by atoms with E-state index in [9.17, 15) is 9.59 Å². The number of hydrogen-bond acceptors (Lipinski definition) is 5. The standard InChI is InChI=1S/C20H18N2O4S/c1-22-19(24)16(18(23)13-6-10-15(26-3)11-7-13)17(21-20(22)27)12-4-8-14(25-2)9-5-12/h4-11H,1-3H3,(H,21,27). The lowest BCUT2D eigenvalue weighted by molar-refractivity contribution is 0.103. The van der Waals surface area contributed by atoms with Crippen molar-refractivity contribution in [3.8, 4) is 22.8 Å². The number of aromatic amines is 1. The number of carbonyl (C=O) groups is 1. The molecule has 0 unspecified atom stereocenters. The molecule has 0 atom stereocenters. The Bertz CT molecular complexity index is 1100. The first-order chi connectivity index (χ1) is 13.0. The summed E-state index contributed by atoms with van der Waals surface area (Å²) in [6.45, 7) is 0. The summed E-state index contributed by atoms with van der Waals surface area (Å²) in [6, 6.07) is 13.6. The summed E-state index contributed by atoms with van der Waals surface area (Å²) in [4.78, 5) is 29.0. The van der Waals surface area contributed by atoms with E-state index in [1.54, 1.807) is 62.8 Å². The first-order valence-electron chi connectivity index (χ1n) is 8.12. The Hall–Kier alpha value is -3.19. The molecule has 0 aliphatic rings. The smallest absolute Gasteiger partial charge is 0.265 e. The molecule has 2 aromatic carbocycles. The Morgan fingerprint density at radius 1 is 0.963 bits per heavy atom. The van der Waals surface area contributed by atoms with E-state index in [1.807, 2.05) is 0 Å². The van der Waals surface area contributed by atoms with Crippen molar-refractivity contribution in [3.05, 3.63) is 74.8 Å². The molecule has 0 radical (unpaired) electrons. The average Bonchev–Trinajstić information content (AvgIpc) is 2.71. The SMILES string of the molecule is COc1ccc(C(=O)c2c(-c3ccc(OC)cc3)[nH]c(=S)n(C)c2=O)cc1. The number of ether oxygens (including phenoxy) is 2. The van der Waals surface area contributed by atoms with Crippen LogP contribution in [-0.2, 0) is 7.05 Å². The van der Waals surface area contributed by atoms with Crippen molar-refractivity contribution < 1.29 is 14.3 Å². The van der Waals surface area contributed by atoms with Gasteiger partial charge in [-0.2, -0.15) is 0 Å². The maximum atomic E-state index is 13.1. The van der Waals surface area contributed by atoms with Gasteiger partial charge >= 0.3 is 0 Å². The second-order valence-corrected chi connectivity index (χ2v) is 6.22. The van der Waals surface area contributed by atoms with Crippen molar-refractivity contribution in [1.29, 1.82) is 0 Å². The number of aromatic nitrogens is 2. The lowest BCUT2D eigenvalue weighted by atomic mass is 9.99. The van der Waals surface area contributed by atoms with Crippen LogP contribution in [0.15, 0.2) is 53.3 Å². The number of ketones is 1. The lowest BCUT2D eigenvalue weighted by Gasteiger charge is -2.12. The third-order valence-electron chi connectivity index (χ3n) is 4.26. The largest absolute Gasteiger partial charge is 0.497 e. The first-order valence-corrected chi connectivity index (χ1v) is 8.53. The number of carbonyl (C=O) groups excluding carboxylic acids is 1. The van der Waals surface area contributed by atoms with Gasteiger partial charge in [-0.05, 0) is 66.3 Å². The van der Waals surface area contributed by atoms with Gasteiger partial charge in [0, 0.05) is 12.6 Å². The fourth-order valence-electron chi connectivity index (χ4n) is 2.69. The Balaban J connectivity index is 2.20. The van der Waals surface area contributed by atoms with E-state index in [0.717, 1.165) is 0 Å². The van der Waals surface area contributed by atoms with E-state index < -0.39 is 11.3 Å². The maximum absolute atomic E-state index is 13.1. The summed E-state index contributed by atoms with van der Waals surface area (Å²) in [7, 11) is 4.65. The maximum Gasteiger partial charge on any atom is 0.265 e. The number of hydrogen-bond donors (Lipinski definition) is 1. The van der Waals surface area contributed by atoms with Crippen LogP contribution in [0.25, 0.3) is 11.3 Å². The zero-order valence-electron chi connectivity index (χ0n) is 15.1. The minimum atomic E-state index is -0.453. The molecular weight excluding hydrogens is 364 g/mol. The van der Waals surface area contributed by atoms with E-state index in [0.29, 0.717) is 28.3 Å². The zero-order valence-corrected chi connectivity index (χ0v) is 15.9. The molecule has 6 nitrogen and oxygen atoms in total. The van der Waals surface area contributed by atoms with Crippen LogP contribution >= 0.6 is 12.2 Å². The Kier molecular flexibility index (Phi) is 5.23. The van der Waals surface area contributed by atoms with E-state index in [1.165, 1.54) is 11.6 Å². The highest BCUT2D eigenvalue weighted by molar-refractivity contribution is 7.71. The van der Waals surface area contributed by atoms with Gasteiger partial charge in [0.2, 0.25) is 5.78 Å². The monoisotopic (exact) mass is 382 g/mol. The second-order valence-electron chi connectivity index (χ2n) is 5.83. The van der Waals surface area contributed by atoms with Crippen LogP contribution < -0.4 is 15.0 Å². The van der Waals surface area contributed by atoms with Crippen molar-refractivity contribution in [2.75, 3.05) is 14.2 Å². The summed E-state index contributed by atoms with van der Waals surface area (Å²) in [5.74, 6) is 0.904. The number of H-pyrrole nitrogens is 1. The molecule has 0 fully saturated rings. The number of nitrogens with zero attached hydrogens (tertiary/aromatic N) is 1. The Labute approximate surface area is 161 Å². The van der Waals surface area contributed by atoms with Gasteiger partial charge in [-0.1, -0.05) is 0 Å². The summed E-state index contributed by atoms with van der Waals surface area (Å²) < 4.78 is 11.8. The minimum Gasteiger partial charge on any atom is -0.497 e. The Morgan fingerprint density at radius 2 is 1.48 bits per heavy atom. The highest BCUT2D eigenvalue weighted by Crippen LogP contribution is 2.24. The highest BCUT2D eigenvalue weighted by Gasteiger charge is 2.21. The molecule has 0 saturated heterocycles. The fraction of sp³-hybridized carbons (Fsp3) is 0.150. The number of nitrogens with one attached hydrogen (secondary N) is 1. The second kappa shape index (κ2) is 7.59. The van der Waals surface area contributed by atoms with Gasteiger partial charge in [-0.15, -0.1) is 0 Å². The third kappa shape index (κ3) is 3.54. The van der Waals surface area contributed by atoms with Crippen LogP contribution in [0.2, 0.25) is 0 Å². The van der Waals surface area contributed by atoms with E-state index in [2.05, 4.69) is 4.98 Å². The Morgan fingerprint density at radius 3 is 2.00 bits per heavy atom. The molecule has 3 rings (SSSR count). The summed E-state index contributed by atoms with van der Waals surface area (Å²) >= 11 is 5.23. The summed E-state index contributed by atoms with van der Waals surface area (Å²) in [6.07, 6.45) is 0. The molecule has 138 valence electrons. The zero-order chi connectivity index (χ0) is 19.6. The molecule has 0 spiro atoms. The normalized spacial score (nSPS) is 10.5. The molecule has 3 aromatic rings. The van der Waals surface area contributed by atoms with Crippen molar-refractivity contribution in [3.63, 3.8) is 0 Å². The predicted octanol–water partition coefficient (Wildman–Crippen LogP) is 3.36. The topological polar surface area (TPSA) is 73.3 Å². The molecule has 0 amide bonds. The molecular formula is C20H18N2O4S. The van der Waals surface area contributed by atoms with Crippen LogP contribution in [0.4, 0.5) is 0 Å². The van der Waals surface area contributed by atoms with Gasteiger partial charge < -0.3 is 14.5 Å². The molecule has 0 aliphatic carbocycles. The van der Waals surface area contributed by atoms with E-state index in [-0.39, 0.29) is 10.3 Å². The molecule has 7 heteroatoms. The van der Waals surface area contributed by atoms with Gasteiger partial charge in [-0.25, -0.2) is 0 Å². The number of methoxy groups -OCH3 is 2. The van der Waals surface area contributed by atoms with Crippen molar-refractivity contribution in [2.24, 2.45) is 7.05 Å². The molecule has 0 saturated carbocycles. The number of rotatable bonds is 5.